The Labute approximate surface area is 123 Å². The molecule has 2 N–H and O–H groups in total. The highest BCUT2D eigenvalue weighted by Crippen LogP contribution is 2.13. The van der Waals surface area contributed by atoms with Crippen molar-refractivity contribution in [3.8, 4) is 0 Å². The Morgan fingerprint density at radius 2 is 2.05 bits per heavy atom. The van der Waals surface area contributed by atoms with Crippen LogP contribution in [0.2, 0.25) is 0 Å². The Kier molecular flexibility index (Phi) is 3.72. The van der Waals surface area contributed by atoms with Gasteiger partial charge in [-0.05, 0) is 24.5 Å². The average molecular weight is 305 g/mol. The third-order valence-electron chi connectivity index (χ3n) is 3.41. The predicted molar refractivity (Wildman–Crippen MR) is 75.5 cm³/mol. The van der Waals surface area contributed by atoms with E-state index in [1.807, 2.05) is 0 Å². The zero-order chi connectivity index (χ0) is 15.7. The molecule has 5 nitrogen and oxygen atoms in total. The van der Waals surface area contributed by atoms with Crippen molar-refractivity contribution in [3.05, 3.63) is 69.3 Å². The van der Waals surface area contributed by atoms with Crippen molar-refractivity contribution < 1.29 is 13.9 Å². The van der Waals surface area contributed by atoms with Crippen LogP contribution in [0.3, 0.4) is 0 Å². The number of aliphatic hydroxyl groups excluding tert-OH is 1. The fourth-order valence-corrected chi connectivity index (χ4v) is 2.30. The number of H-pyrrole nitrogens is 1. The van der Waals surface area contributed by atoms with Gasteiger partial charge in [0.05, 0.1) is 12.3 Å². The van der Waals surface area contributed by atoms with Crippen LogP contribution in [0.25, 0.3) is 5.65 Å². The van der Waals surface area contributed by atoms with Gasteiger partial charge in [0.15, 0.2) is 17.3 Å². The molecule has 0 aliphatic rings. The Balaban J connectivity index is 1.88. The lowest BCUT2D eigenvalue weighted by atomic mass is 10.1. The summed E-state index contributed by atoms with van der Waals surface area (Å²) in [5.41, 5.74) is 1.26. The zero-order valence-corrected chi connectivity index (χ0v) is 11.5. The molecule has 0 bridgehead atoms. The topological polar surface area (TPSA) is 70.4 Å². The van der Waals surface area contributed by atoms with Crippen LogP contribution < -0.4 is 5.56 Å². The lowest BCUT2D eigenvalue weighted by molar-refractivity contribution is 0.276. The first-order valence-electron chi connectivity index (χ1n) is 6.73. The molecule has 0 spiro atoms. The van der Waals surface area contributed by atoms with E-state index in [4.69, 9.17) is 5.11 Å². The summed E-state index contributed by atoms with van der Waals surface area (Å²) in [5, 5.41) is 11.8. The van der Waals surface area contributed by atoms with Crippen LogP contribution in [0.1, 0.15) is 17.0 Å². The molecule has 0 aliphatic heterocycles. The minimum atomic E-state index is -0.890. The fourth-order valence-electron chi connectivity index (χ4n) is 2.30. The summed E-state index contributed by atoms with van der Waals surface area (Å²) in [6, 6.07) is 6.91. The van der Waals surface area contributed by atoms with E-state index < -0.39 is 11.6 Å². The molecule has 114 valence electrons. The summed E-state index contributed by atoms with van der Waals surface area (Å²) in [6.07, 6.45) is 0.551. The summed E-state index contributed by atoms with van der Waals surface area (Å²) in [5.74, 6) is -1.76. The molecule has 3 rings (SSSR count). The van der Waals surface area contributed by atoms with Crippen LogP contribution >= 0.6 is 0 Å². The molecule has 0 amide bonds. The zero-order valence-electron chi connectivity index (χ0n) is 11.5. The number of nitrogens with zero attached hydrogens (tertiary/aromatic N) is 2. The van der Waals surface area contributed by atoms with Gasteiger partial charge in [-0.3, -0.25) is 9.89 Å². The second kappa shape index (κ2) is 5.69. The first kappa shape index (κ1) is 14.4. The second-order valence-electron chi connectivity index (χ2n) is 4.93. The molecule has 3 aromatic rings. The van der Waals surface area contributed by atoms with Crippen LogP contribution in [0.4, 0.5) is 8.78 Å². The molecule has 0 radical (unpaired) electrons. The van der Waals surface area contributed by atoms with Crippen molar-refractivity contribution in [1.29, 1.82) is 0 Å². The molecule has 0 atom stereocenters. The van der Waals surface area contributed by atoms with Crippen LogP contribution in [-0.2, 0) is 19.4 Å². The number of aryl methyl sites for hydroxylation is 2. The smallest absolute Gasteiger partial charge is 0.272 e. The molecule has 0 unspecified atom stereocenters. The minimum Gasteiger partial charge on any atom is -0.390 e. The lowest BCUT2D eigenvalue weighted by Crippen LogP contribution is -2.16. The maximum absolute atomic E-state index is 13.6. The number of fused-ring (bicyclic) bond motifs is 1. The standard InChI is InChI=1S/C15H13F2N3O2/c16-12-3-1-2-9(15(12)17)4-5-10-7-14(22)20-13(18-10)6-11(8-21)19-20/h1-3,6-7,19,21H,4-5,8H2. The van der Waals surface area contributed by atoms with Crippen molar-refractivity contribution in [2.45, 2.75) is 19.4 Å². The molecular formula is C15H13F2N3O2. The van der Waals surface area contributed by atoms with E-state index in [0.29, 0.717) is 23.5 Å². The molecular weight excluding hydrogens is 292 g/mol. The normalized spacial score (nSPS) is 11.2. The maximum Gasteiger partial charge on any atom is 0.272 e. The Hall–Kier alpha value is -2.54. The lowest BCUT2D eigenvalue weighted by Gasteiger charge is -2.04. The SMILES string of the molecule is O=c1cc(CCc2cccc(F)c2F)nc2cc(CO)[nH]n12. The third-order valence-corrected chi connectivity index (χ3v) is 3.41. The first-order chi connectivity index (χ1) is 10.6. The molecule has 0 saturated heterocycles. The average Bonchev–Trinajstić information content (AvgIpc) is 2.92. The summed E-state index contributed by atoms with van der Waals surface area (Å²) in [7, 11) is 0. The van der Waals surface area contributed by atoms with Gasteiger partial charge in [-0.15, -0.1) is 0 Å². The van der Waals surface area contributed by atoms with Crippen LogP contribution in [-0.4, -0.2) is 19.7 Å². The monoisotopic (exact) mass is 305 g/mol. The van der Waals surface area contributed by atoms with Gasteiger partial charge in [0, 0.05) is 17.8 Å². The number of halogens is 2. The molecule has 2 heterocycles. The quantitative estimate of drug-likeness (QED) is 0.769. The highest BCUT2D eigenvalue weighted by molar-refractivity contribution is 5.39. The van der Waals surface area contributed by atoms with Crippen LogP contribution in [0.15, 0.2) is 35.1 Å². The summed E-state index contributed by atoms with van der Waals surface area (Å²) in [6.45, 7) is -0.230. The van der Waals surface area contributed by atoms with Crippen molar-refractivity contribution in [2.24, 2.45) is 0 Å². The molecule has 2 aromatic heterocycles. The van der Waals surface area contributed by atoms with Gasteiger partial charge in [0.25, 0.3) is 5.56 Å². The fraction of sp³-hybridized carbons (Fsp3) is 0.200. The number of nitrogens with one attached hydrogen (secondary N) is 1. The highest BCUT2D eigenvalue weighted by atomic mass is 19.2. The Bertz CT molecular complexity index is 886. The Morgan fingerprint density at radius 3 is 2.82 bits per heavy atom. The van der Waals surface area contributed by atoms with Crippen molar-refractivity contribution in [1.82, 2.24) is 14.6 Å². The second-order valence-corrected chi connectivity index (χ2v) is 4.93. The van der Waals surface area contributed by atoms with Crippen LogP contribution in [0, 0.1) is 11.6 Å². The molecule has 0 fully saturated rings. The van der Waals surface area contributed by atoms with Gasteiger partial charge in [0.1, 0.15) is 0 Å². The van der Waals surface area contributed by atoms with E-state index in [9.17, 15) is 13.6 Å². The molecule has 0 saturated carbocycles. The number of benzene rings is 1. The van der Waals surface area contributed by atoms with E-state index >= 15 is 0 Å². The maximum atomic E-state index is 13.6. The molecule has 0 aliphatic carbocycles. The van der Waals surface area contributed by atoms with E-state index in [1.54, 1.807) is 6.07 Å². The summed E-state index contributed by atoms with van der Waals surface area (Å²) < 4.78 is 28.0. The van der Waals surface area contributed by atoms with E-state index in [0.717, 1.165) is 6.07 Å². The molecule has 1 aromatic carbocycles. The van der Waals surface area contributed by atoms with Crippen molar-refractivity contribution in [3.63, 3.8) is 0 Å². The minimum absolute atomic E-state index is 0.230. The van der Waals surface area contributed by atoms with Crippen LogP contribution in [0.5, 0.6) is 0 Å². The number of hydrogen-bond donors (Lipinski definition) is 2. The number of hydrogen-bond acceptors (Lipinski definition) is 3. The van der Waals surface area contributed by atoms with Gasteiger partial charge in [-0.1, -0.05) is 12.1 Å². The van der Waals surface area contributed by atoms with E-state index in [1.165, 1.54) is 22.7 Å². The van der Waals surface area contributed by atoms with Crippen molar-refractivity contribution >= 4 is 5.65 Å². The van der Waals surface area contributed by atoms with Crippen molar-refractivity contribution in [2.75, 3.05) is 0 Å². The van der Waals surface area contributed by atoms with Gasteiger partial charge in [-0.2, -0.15) is 0 Å². The van der Waals surface area contributed by atoms with Gasteiger partial charge in [-0.25, -0.2) is 18.3 Å². The molecule has 7 heteroatoms. The van der Waals surface area contributed by atoms with Gasteiger partial charge >= 0.3 is 0 Å². The highest BCUT2D eigenvalue weighted by Gasteiger charge is 2.10. The Morgan fingerprint density at radius 1 is 1.23 bits per heavy atom. The predicted octanol–water partition coefficient (Wildman–Crippen LogP) is 1.58. The number of aromatic nitrogens is 3. The first-order valence-corrected chi connectivity index (χ1v) is 6.73. The summed E-state index contributed by atoms with van der Waals surface area (Å²) >= 11 is 0. The third kappa shape index (κ3) is 2.62. The molecule has 22 heavy (non-hydrogen) atoms. The summed E-state index contributed by atoms with van der Waals surface area (Å²) in [4.78, 5) is 16.2. The van der Waals surface area contributed by atoms with E-state index in [2.05, 4.69) is 10.1 Å². The van der Waals surface area contributed by atoms with E-state index in [-0.39, 0.29) is 24.2 Å². The number of rotatable bonds is 4. The van der Waals surface area contributed by atoms with Gasteiger partial charge < -0.3 is 5.11 Å². The number of aliphatic hydroxyl groups is 1. The van der Waals surface area contributed by atoms with Gasteiger partial charge in [0.2, 0.25) is 0 Å². The largest absolute Gasteiger partial charge is 0.390 e. The number of aromatic amines is 1.